The first-order valence-corrected chi connectivity index (χ1v) is 8.29. The van der Waals surface area contributed by atoms with Crippen LogP contribution in [0.1, 0.15) is 16.1 Å². The zero-order valence-electron chi connectivity index (χ0n) is 14.1. The fourth-order valence-corrected chi connectivity index (χ4v) is 3.13. The van der Waals surface area contributed by atoms with Crippen LogP contribution in [-0.2, 0) is 6.42 Å². The van der Waals surface area contributed by atoms with Gasteiger partial charge in [0.05, 0.1) is 10.6 Å². The van der Waals surface area contributed by atoms with Crippen molar-refractivity contribution >= 4 is 17.3 Å². The predicted molar refractivity (Wildman–Crippen MR) is 98.3 cm³/mol. The van der Waals surface area contributed by atoms with Gasteiger partial charge in [0.2, 0.25) is 0 Å². The first-order chi connectivity index (χ1) is 13.0. The Kier molecular flexibility index (Phi) is 4.00. The Labute approximate surface area is 153 Å². The van der Waals surface area contributed by atoms with Crippen LogP contribution in [-0.4, -0.2) is 27.2 Å². The van der Waals surface area contributed by atoms with Crippen molar-refractivity contribution in [3.05, 3.63) is 92.4 Å². The number of nitro groups is 1. The van der Waals surface area contributed by atoms with Gasteiger partial charge in [0.1, 0.15) is 5.69 Å². The maximum absolute atomic E-state index is 12.9. The molecule has 1 amide bonds. The van der Waals surface area contributed by atoms with Crippen molar-refractivity contribution in [3.63, 3.8) is 0 Å². The Hall–Kier alpha value is -3.81. The number of carbonyl (C=O) groups excluding carboxylic acids is 1. The molecule has 27 heavy (non-hydrogen) atoms. The highest BCUT2D eigenvalue weighted by molar-refractivity contribution is 6.06. The molecule has 0 spiro atoms. The van der Waals surface area contributed by atoms with Crippen LogP contribution < -0.4 is 10.5 Å². The summed E-state index contributed by atoms with van der Waals surface area (Å²) in [7, 11) is 0. The summed E-state index contributed by atoms with van der Waals surface area (Å²) in [5.74, 6) is -0.354. The van der Waals surface area contributed by atoms with E-state index in [1.807, 2.05) is 6.07 Å². The highest BCUT2D eigenvalue weighted by Crippen LogP contribution is 2.32. The smallest absolute Gasteiger partial charge is 0.278 e. The minimum atomic E-state index is -0.456. The summed E-state index contributed by atoms with van der Waals surface area (Å²) in [4.78, 5) is 37.1. The van der Waals surface area contributed by atoms with Gasteiger partial charge in [0.25, 0.3) is 17.2 Å². The lowest BCUT2D eigenvalue weighted by Gasteiger charge is -2.17. The molecule has 8 nitrogen and oxygen atoms in total. The van der Waals surface area contributed by atoms with Gasteiger partial charge in [-0.3, -0.25) is 19.7 Å². The molecule has 0 aliphatic carbocycles. The Bertz CT molecular complexity index is 1110. The average molecular weight is 362 g/mol. The number of rotatable bonds is 3. The van der Waals surface area contributed by atoms with E-state index in [1.165, 1.54) is 33.8 Å². The molecule has 3 aromatic rings. The number of amides is 1. The number of non-ortho nitro benzene ring substituents is 1. The monoisotopic (exact) mass is 362 g/mol. The number of hydrogen-bond donors (Lipinski definition) is 0. The zero-order valence-corrected chi connectivity index (χ0v) is 14.1. The number of anilines is 1. The second-order valence-corrected chi connectivity index (χ2v) is 6.08. The average Bonchev–Trinajstić information content (AvgIpc) is 3.11. The van der Waals surface area contributed by atoms with E-state index < -0.39 is 4.92 Å². The second kappa shape index (κ2) is 6.49. The van der Waals surface area contributed by atoms with Gasteiger partial charge < -0.3 is 4.90 Å². The molecular weight excluding hydrogens is 348 g/mol. The van der Waals surface area contributed by atoms with Gasteiger partial charge in [-0.2, -0.15) is 9.78 Å². The number of para-hydroxylation sites is 1. The van der Waals surface area contributed by atoms with Crippen LogP contribution in [0.25, 0.3) is 5.69 Å². The van der Waals surface area contributed by atoms with Crippen LogP contribution in [0, 0.1) is 10.1 Å². The van der Waals surface area contributed by atoms with Crippen molar-refractivity contribution in [3.8, 4) is 5.69 Å². The summed E-state index contributed by atoms with van der Waals surface area (Å²) in [6.45, 7) is 0.404. The van der Waals surface area contributed by atoms with Gasteiger partial charge in [-0.15, -0.1) is 0 Å². The van der Waals surface area contributed by atoms with Crippen LogP contribution in [0.15, 0.2) is 65.5 Å². The lowest BCUT2D eigenvalue weighted by Crippen LogP contribution is -2.32. The molecule has 134 valence electrons. The van der Waals surface area contributed by atoms with Crippen molar-refractivity contribution in [2.45, 2.75) is 6.42 Å². The van der Waals surface area contributed by atoms with E-state index >= 15 is 0 Å². The molecule has 1 aliphatic rings. The molecule has 0 bridgehead atoms. The van der Waals surface area contributed by atoms with Crippen LogP contribution in [0.4, 0.5) is 11.4 Å². The molecule has 0 unspecified atom stereocenters. The fraction of sp³-hybridized carbons (Fsp3) is 0.105. The van der Waals surface area contributed by atoms with Gasteiger partial charge in [-0.1, -0.05) is 18.2 Å². The second-order valence-electron chi connectivity index (χ2n) is 6.08. The van der Waals surface area contributed by atoms with E-state index in [-0.39, 0.29) is 22.8 Å². The molecule has 2 aromatic carbocycles. The molecule has 0 N–H and O–H groups in total. The minimum absolute atomic E-state index is 0.00111. The number of carbonyl (C=O) groups is 1. The molecule has 1 aromatic heterocycles. The number of aromatic nitrogens is 2. The number of hydrogen-bond acceptors (Lipinski definition) is 5. The lowest BCUT2D eigenvalue weighted by atomic mass is 10.1. The molecule has 0 saturated carbocycles. The molecule has 0 saturated heterocycles. The van der Waals surface area contributed by atoms with E-state index in [9.17, 15) is 19.7 Å². The topological polar surface area (TPSA) is 98.3 Å². The van der Waals surface area contributed by atoms with Crippen molar-refractivity contribution in [2.24, 2.45) is 0 Å². The van der Waals surface area contributed by atoms with Crippen molar-refractivity contribution in [1.82, 2.24) is 9.78 Å². The first kappa shape index (κ1) is 16.6. The quantitative estimate of drug-likeness (QED) is 0.526. The predicted octanol–water partition coefficient (Wildman–Crippen LogP) is 2.34. The molecular formula is C19H14N4O4. The summed E-state index contributed by atoms with van der Waals surface area (Å²) >= 11 is 0. The summed E-state index contributed by atoms with van der Waals surface area (Å²) in [6.07, 6.45) is 0.529. The fourth-order valence-electron chi connectivity index (χ4n) is 3.13. The van der Waals surface area contributed by atoms with Crippen molar-refractivity contribution < 1.29 is 9.72 Å². The van der Waals surface area contributed by atoms with Crippen molar-refractivity contribution in [1.29, 1.82) is 0 Å². The number of nitro benzene ring substituents is 1. The normalized spacial score (nSPS) is 12.7. The molecule has 1 aliphatic heterocycles. The van der Waals surface area contributed by atoms with E-state index in [0.29, 0.717) is 24.3 Å². The van der Waals surface area contributed by atoms with Gasteiger partial charge in [0.15, 0.2) is 0 Å². The first-order valence-electron chi connectivity index (χ1n) is 8.29. The molecule has 4 rings (SSSR count). The van der Waals surface area contributed by atoms with Crippen LogP contribution in [0.3, 0.4) is 0 Å². The van der Waals surface area contributed by atoms with E-state index in [0.717, 1.165) is 5.56 Å². The Morgan fingerprint density at radius 2 is 1.85 bits per heavy atom. The van der Waals surface area contributed by atoms with Gasteiger partial charge >= 0.3 is 0 Å². The molecule has 8 heteroatoms. The van der Waals surface area contributed by atoms with Crippen LogP contribution in [0.5, 0.6) is 0 Å². The van der Waals surface area contributed by atoms with Gasteiger partial charge in [-0.25, -0.2) is 0 Å². The number of benzene rings is 2. The highest BCUT2D eigenvalue weighted by Gasteiger charge is 2.28. The largest absolute Gasteiger partial charge is 0.306 e. The minimum Gasteiger partial charge on any atom is -0.306 e. The van der Waals surface area contributed by atoms with E-state index in [4.69, 9.17) is 0 Å². The Balaban J connectivity index is 1.70. The summed E-state index contributed by atoms with van der Waals surface area (Å²) < 4.78 is 1.18. The Morgan fingerprint density at radius 3 is 2.59 bits per heavy atom. The van der Waals surface area contributed by atoms with Gasteiger partial charge in [-0.05, 0) is 36.2 Å². The lowest BCUT2D eigenvalue weighted by molar-refractivity contribution is -0.384. The van der Waals surface area contributed by atoms with Crippen LogP contribution >= 0.6 is 0 Å². The summed E-state index contributed by atoms with van der Waals surface area (Å²) in [5, 5.41) is 15.1. The van der Waals surface area contributed by atoms with Crippen molar-refractivity contribution in [2.75, 3.05) is 11.4 Å². The van der Waals surface area contributed by atoms with Gasteiger partial charge in [0, 0.05) is 30.4 Å². The SMILES string of the molecule is O=C(c1ccc(=O)n(-c2ccccc2)n1)N1CCc2cc([N+](=O)[O-])ccc21. The summed E-state index contributed by atoms with van der Waals surface area (Å²) in [5.41, 5.74) is 1.73. The number of fused-ring (bicyclic) bond motifs is 1. The molecule has 2 heterocycles. The summed E-state index contributed by atoms with van der Waals surface area (Å²) in [6, 6.07) is 16.0. The third kappa shape index (κ3) is 2.97. The maximum Gasteiger partial charge on any atom is 0.278 e. The maximum atomic E-state index is 12.9. The zero-order chi connectivity index (χ0) is 19.0. The number of nitrogens with zero attached hydrogens (tertiary/aromatic N) is 4. The standard InChI is InChI=1S/C19H14N4O4/c24-18-9-7-16(20-22(18)14-4-2-1-3-5-14)19(25)21-11-10-13-12-15(23(26)27)6-8-17(13)21/h1-9,12H,10-11H2. The third-order valence-corrected chi connectivity index (χ3v) is 4.43. The highest BCUT2D eigenvalue weighted by atomic mass is 16.6. The van der Waals surface area contributed by atoms with E-state index in [1.54, 1.807) is 30.3 Å². The molecule has 0 fully saturated rings. The van der Waals surface area contributed by atoms with Crippen LogP contribution in [0.2, 0.25) is 0 Å². The molecule has 0 radical (unpaired) electrons. The van der Waals surface area contributed by atoms with E-state index in [2.05, 4.69) is 5.10 Å². The third-order valence-electron chi connectivity index (χ3n) is 4.43. The molecule has 0 atom stereocenters. The Morgan fingerprint density at radius 1 is 1.07 bits per heavy atom.